The highest BCUT2D eigenvalue weighted by molar-refractivity contribution is 6.39. The van der Waals surface area contributed by atoms with Crippen molar-refractivity contribution in [2.24, 2.45) is 17.8 Å². The smallest absolute Gasteiger partial charge is 0.335 e. The van der Waals surface area contributed by atoms with Gasteiger partial charge in [-0.25, -0.2) is 9.69 Å². The summed E-state index contributed by atoms with van der Waals surface area (Å²) in [4.78, 5) is 50.8. The van der Waals surface area contributed by atoms with E-state index in [1.165, 1.54) is 70.5 Å². The molecule has 0 radical (unpaired) electrons. The number of nitrogens with one attached hydrogen (secondary N) is 1. The Morgan fingerprint density at radius 1 is 0.949 bits per heavy atom. The van der Waals surface area contributed by atoms with Gasteiger partial charge in [-0.3, -0.25) is 25.0 Å². The zero-order chi connectivity index (χ0) is 27.5. The normalized spacial score (nSPS) is 28.6. The van der Waals surface area contributed by atoms with Gasteiger partial charge in [-0.1, -0.05) is 12.1 Å². The van der Waals surface area contributed by atoms with Crippen LogP contribution >= 0.6 is 0 Å². The average Bonchev–Trinajstić information content (AvgIpc) is 2.90. The largest absolute Gasteiger partial charge is 0.496 e. The lowest BCUT2D eigenvalue weighted by Crippen LogP contribution is -2.54. The predicted octanol–water partition coefficient (Wildman–Crippen LogP) is 4.75. The molecule has 0 unspecified atom stereocenters. The van der Waals surface area contributed by atoms with Gasteiger partial charge < -0.3 is 9.47 Å². The lowest BCUT2D eigenvalue weighted by Gasteiger charge is -2.57. The summed E-state index contributed by atoms with van der Waals surface area (Å²) >= 11 is 0. The first-order valence-electron chi connectivity index (χ1n) is 13.1. The van der Waals surface area contributed by atoms with Crippen LogP contribution in [0.1, 0.15) is 49.7 Å². The fourth-order valence-corrected chi connectivity index (χ4v) is 7.64. The van der Waals surface area contributed by atoms with Crippen LogP contribution in [0.15, 0.2) is 42.0 Å². The highest BCUT2D eigenvalue weighted by Gasteiger charge is 2.51. The van der Waals surface area contributed by atoms with Gasteiger partial charge in [0.25, 0.3) is 11.8 Å². The number of nitro benzene ring substituents is 1. The number of carbonyl (C=O) groups is 3. The third-order valence-electron chi connectivity index (χ3n) is 8.91. The fourth-order valence-electron chi connectivity index (χ4n) is 7.64. The summed E-state index contributed by atoms with van der Waals surface area (Å²) in [6, 6.07) is 9.16. The number of anilines is 1. The summed E-state index contributed by atoms with van der Waals surface area (Å²) in [5, 5.41) is 13.7. The molecular weight excluding hydrogens is 502 g/mol. The van der Waals surface area contributed by atoms with E-state index in [0.29, 0.717) is 5.69 Å². The molecule has 1 heterocycles. The van der Waals surface area contributed by atoms with E-state index in [1.54, 1.807) is 12.1 Å². The molecule has 2 aromatic rings. The molecule has 0 spiro atoms. The Bertz CT molecular complexity index is 1390. The molecule has 1 N–H and O–H groups in total. The van der Waals surface area contributed by atoms with Crippen molar-refractivity contribution in [2.75, 3.05) is 19.1 Å². The summed E-state index contributed by atoms with van der Waals surface area (Å²) in [5.41, 5.74) is 1.17. The second-order valence-corrected chi connectivity index (χ2v) is 11.2. The zero-order valence-corrected chi connectivity index (χ0v) is 21.8. The molecule has 4 aliphatic carbocycles. The number of barbiturate groups is 1. The standard InChI is InChI=1S/C29H29N3O7/c1-38-24-12-25(39-2)23(32(36)37)11-19(24)10-22-26(33)30-28(35)31(27(22)34)21-5-3-20(4-6-21)29-13-16-7-17(14-29)9-18(8-16)15-29/h3-6,10-12,16-18H,7-9,13-15H2,1-2H3,(H,30,33,35)/b22-10+. The van der Waals surface area contributed by atoms with E-state index in [9.17, 15) is 24.5 Å². The van der Waals surface area contributed by atoms with Gasteiger partial charge >= 0.3 is 11.7 Å². The maximum atomic E-state index is 13.5. The number of nitrogens with zero attached hydrogens (tertiary/aromatic N) is 2. The van der Waals surface area contributed by atoms with Gasteiger partial charge in [-0.05, 0) is 85.5 Å². The monoisotopic (exact) mass is 531 g/mol. The minimum atomic E-state index is -0.896. The molecule has 0 aromatic heterocycles. The van der Waals surface area contributed by atoms with Crippen LogP contribution in [-0.4, -0.2) is 37.0 Å². The summed E-state index contributed by atoms with van der Waals surface area (Å²) in [5.74, 6) is 0.765. The molecule has 10 nitrogen and oxygen atoms in total. The van der Waals surface area contributed by atoms with Gasteiger partial charge in [0.15, 0.2) is 0 Å². The van der Waals surface area contributed by atoms with Crippen LogP contribution in [0.2, 0.25) is 0 Å². The van der Waals surface area contributed by atoms with E-state index in [1.807, 2.05) is 12.1 Å². The summed E-state index contributed by atoms with van der Waals surface area (Å²) in [6.45, 7) is 0. The average molecular weight is 532 g/mol. The van der Waals surface area contributed by atoms with E-state index in [2.05, 4.69) is 5.32 Å². The lowest BCUT2D eigenvalue weighted by molar-refractivity contribution is -0.385. The van der Waals surface area contributed by atoms with Crippen LogP contribution in [-0.2, 0) is 15.0 Å². The Morgan fingerprint density at radius 3 is 2.08 bits per heavy atom. The molecule has 1 aliphatic heterocycles. The number of methoxy groups -OCH3 is 2. The first kappa shape index (κ1) is 25.1. The van der Waals surface area contributed by atoms with Gasteiger partial charge in [0.1, 0.15) is 11.3 Å². The van der Waals surface area contributed by atoms with Crippen molar-refractivity contribution in [3.63, 3.8) is 0 Å². The molecule has 0 atom stereocenters. The van der Waals surface area contributed by atoms with E-state index in [-0.39, 0.29) is 33.7 Å². The van der Waals surface area contributed by atoms with Crippen LogP contribution in [0.3, 0.4) is 0 Å². The molecular formula is C29H29N3O7. The molecule has 7 rings (SSSR count). The van der Waals surface area contributed by atoms with Crippen molar-refractivity contribution in [1.82, 2.24) is 5.32 Å². The van der Waals surface area contributed by atoms with Gasteiger partial charge in [-0.2, -0.15) is 0 Å². The maximum absolute atomic E-state index is 13.5. The number of nitro groups is 1. The summed E-state index contributed by atoms with van der Waals surface area (Å²) in [7, 11) is 2.64. The molecule has 202 valence electrons. The zero-order valence-electron chi connectivity index (χ0n) is 21.8. The van der Waals surface area contributed by atoms with Crippen molar-refractivity contribution in [2.45, 2.75) is 43.9 Å². The SMILES string of the molecule is COc1cc(OC)c([N+](=O)[O-])cc1/C=C1\C(=O)NC(=O)N(c2ccc(C34CC5CC(CC(C5)C3)C4)cc2)C1=O. The number of imide groups is 2. The summed E-state index contributed by atoms with van der Waals surface area (Å²) in [6.07, 6.45) is 8.78. The number of hydrogen-bond donors (Lipinski definition) is 1. The first-order valence-corrected chi connectivity index (χ1v) is 13.1. The van der Waals surface area contributed by atoms with Gasteiger partial charge in [-0.15, -0.1) is 0 Å². The van der Waals surface area contributed by atoms with Crippen LogP contribution in [0.25, 0.3) is 6.08 Å². The van der Waals surface area contributed by atoms with Crippen LogP contribution < -0.4 is 19.7 Å². The Labute approximate surface area is 225 Å². The Kier molecular flexibility index (Phi) is 5.93. The van der Waals surface area contributed by atoms with Crippen LogP contribution in [0.4, 0.5) is 16.2 Å². The molecule has 5 fully saturated rings. The van der Waals surface area contributed by atoms with Crippen LogP contribution in [0, 0.1) is 27.9 Å². The second-order valence-electron chi connectivity index (χ2n) is 11.2. The number of amides is 4. The Balaban J connectivity index is 1.32. The van der Waals surface area contributed by atoms with Crippen molar-refractivity contribution < 1.29 is 28.8 Å². The van der Waals surface area contributed by atoms with E-state index in [0.717, 1.165) is 28.7 Å². The van der Waals surface area contributed by atoms with Crippen LogP contribution in [0.5, 0.6) is 11.5 Å². The van der Waals surface area contributed by atoms with Crippen molar-refractivity contribution in [3.8, 4) is 11.5 Å². The molecule has 2 aromatic carbocycles. The quantitative estimate of drug-likeness (QED) is 0.247. The third-order valence-corrected chi connectivity index (χ3v) is 8.91. The second kappa shape index (κ2) is 9.21. The fraction of sp³-hybridized carbons (Fsp3) is 0.414. The van der Waals surface area contributed by atoms with E-state index in [4.69, 9.17) is 9.47 Å². The summed E-state index contributed by atoms with van der Waals surface area (Å²) < 4.78 is 10.4. The van der Waals surface area contributed by atoms with Gasteiger partial charge in [0.2, 0.25) is 5.75 Å². The predicted molar refractivity (Wildman–Crippen MR) is 141 cm³/mol. The molecule has 39 heavy (non-hydrogen) atoms. The number of ether oxygens (including phenoxy) is 2. The highest BCUT2D eigenvalue weighted by atomic mass is 16.6. The maximum Gasteiger partial charge on any atom is 0.335 e. The molecule has 5 aliphatic rings. The third kappa shape index (κ3) is 4.14. The lowest BCUT2D eigenvalue weighted by atomic mass is 9.48. The molecule has 4 bridgehead atoms. The first-order chi connectivity index (χ1) is 18.7. The van der Waals surface area contributed by atoms with Gasteiger partial charge in [0.05, 0.1) is 24.8 Å². The number of rotatable bonds is 6. The molecule has 1 saturated heterocycles. The molecule has 10 heteroatoms. The number of carbonyl (C=O) groups excluding carboxylic acids is 3. The van der Waals surface area contributed by atoms with Crippen molar-refractivity contribution >= 4 is 35.3 Å². The van der Waals surface area contributed by atoms with E-state index < -0.39 is 22.8 Å². The van der Waals surface area contributed by atoms with Crippen molar-refractivity contribution in [3.05, 3.63) is 63.2 Å². The Hall–Kier alpha value is -4.21. The van der Waals surface area contributed by atoms with Gasteiger partial charge in [0, 0.05) is 17.7 Å². The number of hydrogen-bond acceptors (Lipinski definition) is 7. The van der Waals surface area contributed by atoms with Crippen molar-refractivity contribution in [1.29, 1.82) is 0 Å². The topological polar surface area (TPSA) is 128 Å². The molecule has 4 saturated carbocycles. The minimum Gasteiger partial charge on any atom is -0.496 e. The van der Waals surface area contributed by atoms with E-state index >= 15 is 0 Å². The number of benzene rings is 2. The highest BCUT2D eigenvalue weighted by Crippen LogP contribution is 2.60. The minimum absolute atomic E-state index is 0.0330. The Morgan fingerprint density at radius 2 is 1.54 bits per heavy atom. The molecule has 4 amide bonds. The number of urea groups is 1.